The molecule has 24 heavy (non-hydrogen) atoms. The quantitative estimate of drug-likeness (QED) is 0.780. The lowest BCUT2D eigenvalue weighted by Gasteiger charge is -2.27. The van der Waals surface area contributed by atoms with Crippen LogP contribution >= 0.6 is 0 Å². The highest BCUT2D eigenvalue weighted by molar-refractivity contribution is 5.95. The minimum atomic E-state index is -0.511. The molecule has 1 aliphatic rings. The molecule has 0 bridgehead atoms. The van der Waals surface area contributed by atoms with Gasteiger partial charge < -0.3 is 15.8 Å². The highest BCUT2D eigenvalue weighted by atomic mass is 16.5. The number of aromatic nitrogens is 4. The Bertz CT molecular complexity index is 782. The van der Waals surface area contributed by atoms with E-state index < -0.39 is 11.9 Å². The first kappa shape index (κ1) is 16.0. The van der Waals surface area contributed by atoms with E-state index in [2.05, 4.69) is 27.8 Å². The Balaban J connectivity index is 2.00. The van der Waals surface area contributed by atoms with Crippen LogP contribution in [0.3, 0.4) is 0 Å². The standard InChI is InChI=1S/C16H20N6O2/c1-3-4-8-24-12-7-5-6-11(9-12)14-13(15(17)23)10(2)18-16-19-20-21-22(14)16/h5-7,9,14H,3-4,8H2,1-2H3,(H2,17,23)(H,18,19,21). The number of nitrogens with zero attached hydrogens (tertiary/aromatic N) is 4. The Labute approximate surface area is 139 Å². The minimum Gasteiger partial charge on any atom is -0.494 e. The zero-order chi connectivity index (χ0) is 17.1. The van der Waals surface area contributed by atoms with Crippen LogP contribution in [0.15, 0.2) is 35.5 Å². The van der Waals surface area contributed by atoms with Gasteiger partial charge in [0.25, 0.3) is 0 Å². The summed E-state index contributed by atoms with van der Waals surface area (Å²) in [4.78, 5) is 12.0. The first-order chi connectivity index (χ1) is 11.6. The van der Waals surface area contributed by atoms with Gasteiger partial charge in [-0.2, -0.15) is 4.68 Å². The topological polar surface area (TPSA) is 108 Å². The van der Waals surface area contributed by atoms with Gasteiger partial charge in [-0.15, -0.1) is 0 Å². The highest BCUT2D eigenvalue weighted by Crippen LogP contribution is 2.35. The fourth-order valence-corrected chi connectivity index (χ4v) is 2.75. The molecule has 3 N–H and O–H groups in total. The maximum atomic E-state index is 12.0. The van der Waals surface area contributed by atoms with Crippen molar-refractivity contribution in [1.29, 1.82) is 0 Å². The molecule has 0 aliphatic carbocycles. The number of fused-ring (bicyclic) bond motifs is 1. The fraction of sp³-hybridized carbons (Fsp3) is 0.375. The summed E-state index contributed by atoms with van der Waals surface area (Å²) >= 11 is 0. The molecule has 1 aromatic heterocycles. The number of amides is 1. The SMILES string of the molecule is CCCCOc1cccc(C2C(C(N)=O)=C(C)Nc3nnnn32)c1. The predicted octanol–water partition coefficient (Wildman–Crippen LogP) is 1.63. The van der Waals surface area contributed by atoms with Crippen molar-refractivity contribution in [3.63, 3.8) is 0 Å². The molecule has 1 amide bonds. The molecule has 3 rings (SSSR count). The second-order valence-electron chi connectivity index (χ2n) is 5.65. The molecule has 8 nitrogen and oxygen atoms in total. The van der Waals surface area contributed by atoms with Crippen LogP contribution in [-0.2, 0) is 4.79 Å². The molecule has 0 saturated carbocycles. The maximum absolute atomic E-state index is 12.0. The number of rotatable bonds is 6. The number of carbonyl (C=O) groups is 1. The molecule has 0 spiro atoms. The van der Waals surface area contributed by atoms with E-state index in [-0.39, 0.29) is 0 Å². The number of nitrogens with one attached hydrogen (secondary N) is 1. The third kappa shape index (κ3) is 2.94. The maximum Gasteiger partial charge on any atom is 0.248 e. The smallest absolute Gasteiger partial charge is 0.248 e. The summed E-state index contributed by atoms with van der Waals surface area (Å²) in [7, 11) is 0. The van der Waals surface area contributed by atoms with Gasteiger partial charge in [0.2, 0.25) is 11.9 Å². The lowest BCUT2D eigenvalue weighted by Crippen LogP contribution is -2.31. The van der Waals surface area contributed by atoms with E-state index in [9.17, 15) is 4.79 Å². The average Bonchev–Trinajstić information content (AvgIpc) is 3.01. The van der Waals surface area contributed by atoms with Crippen molar-refractivity contribution in [3.8, 4) is 5.75 Å². The molecular weight excluding hydrogens is 308 g/mol. The number of anilines is 1. The summed E-state index contributed by atoms with van der Waals surface area (Å²) in [5, 5.41) is 14.6. The largest absolute Gasteiger partial charge is 0.494 e. The number of hydrogen-bond donors (Lipinski definition) is 2. The molecule has 1 unspecified atom stereocenters. The second-order valence-corrected chi connectivity index (χ2v) is 5.65. The van der Waals surface area contributed by atoms with Crippen LogP contribution in [0.25, 0.3) is 0 Å². The van der Waals surface area contributed by atoms with Gasteiger partial charge in [0.15, 0.2) is 0 Å². The summed E-state index contributed by atoms with van der Waals surface area (Å²) in [6.45, 7) is 4.55. The normalized spacial score (nSPS) is 16.5. The Morgan fingerprint density at radius 1 is 1.46 bits per heavy atom. The zero-order valence-electron chi connectivity index (χ0n) is 13.7. The first-order valence-corrected chi connectivity index (χ1v) is 7.90. The molecule has 0 fully saturated rings. The number of benzene rings is 1. The van der Waals surface area contributed by atoms with E-state index in [1.807, 2.05) is 24.3 Å². The second kappa shape index (κ2) is 6.69. The van der Waals surface area contributed by atoms with Crippen LogP contribution < -0.4 is 15.8 Å². The predicted molar refractivity (Wildman–Crippen MR) is 88.3 cm³/mol. The Morgan fingerprint density at radius 2 is 2.29 bits per heavy atom. The van der Waals surface area contributed by atoms with Crippen molar-refractivity contribution in [2.75, 3.05) is 11.9 Å². The highest BCUT2D eigenvalue weighted by Gasteiger charge is 2.33. The van der Waals surface area contributed by atoms with E-state index in [1.54, 1.807) is 11.6 Å². The van der Waals surface area contributed by atoms with Crippen molar-refractivity contribution in [3.05, 3.63) is 41.1 Å². The van der Waals surface area contributed by atoms with Crippen molar-refractivity contribution in [1.82, 2.24) is 20.2 Å². The van der Waals surface area contributed by atoms with Gasteiger partial charge in [-0.05, 0) is 41.5 Å². The van der Waals surface area contributed by atoms with Gasteiger partial charge in [0, 0.05) is 5.70 Å². The third-order valence-corrected chi connectivity index (χ3v) is 3.92. The summed E-state index contributed by atoms with van der Waals surface area (Å²) in [6.07, 6.45) is 2.05. The first-order valence-electron chi connectivity index (χ1n) is 7.90. The van der Waals surface area contributed by atoms with Gasteiger partial charge >= 0.3 is 0 Å². The minimum absolute atomic E-state index is 0.431. The average molecular weight is 328 g/mol. The molecule has 2 heterocycles. The van der Waals surface area contributed by atoms with Crippen LogP contribution in [0.5, 0.6) is 5.75 Å². The van der Waals surface area contributed by atoms with Crippen LogP contribution in [0.1, 0.15) is 38.3 Å². The molecule has 0 radical (unpaired) electrons. The Morgan fingerprint density at radius 3 is 3.04 bits per heavy atom. The van der Waals surface area contributed by atoms with Crippen LogP contribution in [0.2, 0.25) is 0 Å². The lowest BCUT2D eigenvalue weighted by atomic mass is 9.95. The summed E-state index contributed by atoms with van der Waals surface area (Å²) in [5.74, 6) is 0.707. The van der Waals surface area contributed by atoms with Crippen molar-refractivity contribution in [2.45, 2.75) is 32.7 Å². The number of carbonyl (C=O) groups excluding carboxylic acids is 1. The van der Waals surface area contributed by atoms with Crippen LogP contribution in [0, 0.1) is 0 Å². The molecule has 8 heteroatoms. The van der Waals surface area contributed by atoms with Crippen molar-refractivity contribution in [2.24, 2.45) is 5.73 Å². The number of ether oxygens (including phenoxy) is 1. The van der Waals surface area contributed by atoms with Crippen molar-refractivity contribution < 1.29 is 9.53 Å². The fourth-order valence-electron chi connectivity index (χ4n) is 2.75. The summed E-state index contributed by atoms with van der Waals surface area (Å²) in [5.41, 5.74) is 7.51. The molecule has 0 saturated heterocycles. The number of unbranched alkanes of at least 4 members (excludes halogenated alkanes) is 1. The lowest BCUT2D eigenvalue weighted by molar-refractivity contribution is -0.115. The number of allylic oxidation sites excluding steroid dienone is 1. The molecule has 2 aromatic rings. The third-order valence-electron chi connectivity index (χ3n) is 3.92. The zero-order valence-corrected chi connectivity index (χ0v) is 13.7. The van der Waals surface area contributed by atoms with Gasteiger partial charge in [-0.1, -0.05) is 30.6 Å². The van der Waals surface area contributed by atoms with E-state index in [1.165, 1.54) is 0 Å². The summed E-state index contributed by atoms with van der Waals surface area (Å²) < 4.78 is 7.31. The van der Waals surface area contributed by atoms with Gasteiger partial charge in [0.05, 0.1) is 12.2 Å². The Hall–Kier alpha value is -2.90. The number of nitrogens with two attached hydrogens (primary N) is 1. The van der Waals surface area contributed by atoms with E-state index in [4.69, 9.17) is 10.5 Å². The molecule has 1 atom stereocenters. The number of primary amides is 1. The Kier molecular flexibility index (Phi) is 4.45. The van der Waals surface area contributed by atoms with Crippen LogP contribution in [0.4, 0.5) is 5.95 Å². The van der Waals surface area contributed by atoms with Crippen LogP contribution in [-0.4, -0.2) is 32.7 Å². The van der Waals surface area contributed by atoms with Gasteiger partial charge in [-0.25, -0.2) is 0 Å². The molecule has 1 aliphatic heterocycles. The summed E-state index contributed by atoms with van der Waals surface area (Å²) in [6, 6.07) is 7.10. The number of hydrogen-bond acceptors (Lipinski definition) is 6. The van der Waals surface area contributed by atoms with E-state index in [0.717, 1.165) is 24.2 Å². The molecule has 1 aromatic carbocycles. The van der Waals surface area contributed by atoms with E-state index in [0.29, 0.717) is 23.8 Å². The van der Waals surface area contributed by atoms with Gasteiger partial charge in [0.1, 0.15) is 11.8 Å². The monoisotopic (exact) mass is 328 g/mol. The van der Waals surface area contributed by atoms with Gasteiger partial charge in [-0.3, -0.25) is 4.79 Å². The van der Waals surface area contributed by atoms with E-state index >= 15 is 0 Å². The number of tetrazole rings is 1. The molecular formula is C16H20N6O2. The van der Waals surface area contributed by atoms with Crippen molar-refractivity contribution >= 4 is 11.9 Å². The molecule has 126 valence electrons.